The number of nitrogens with zero attached hydrogens (tertiary/aromatic N) is 2. The van der Waals surface area contributed by atoms with Crippen LogP contribution in [0.2, 0.25) is 0 Å². The largest absolute Gasteiger partial charge is 0.507 e. The van der Waals surface area contributed by atoms with E-state index in [0.717, 1.165) is 11.1 Å². The number of amides is 1. The van der Waals surface area contributed by atoms with E-state index in [4.69, 9.17) is 15.2 Å². The summed E-state index contributed by atoms with van der Waals surface area (Å²) in [7, 11) is 4.78. The molecule has 1 amide bonds. The maximum absolute atomic E-state index is 12.5. The number of aliphatic hydroxyl groups excluding tert-OH is 1. The van der Waals surface area contributed by atoms with Crippen LogP contribution in [-0.2, 0) is 11.2 Å². The highest BCUT2D eigenvalue weighted by Crippen LogP contribution is 2.57. The van der Waals surface area contributed by atoms with Gasteiger partial charge in [0.25, 0.3) is 0 Å². The molecular weight excluding hydrogens is 504 g/mol. The molecule has 11 nitrogen and oxygen atoms in total. The zero-order valence-electron chi connectivity index (χ0n) is 22.9. The Balaban J connectivity index is 1.78. The molecule has 11 heteroatoms. The molecule has 2 aromatic carbocycles. The highest BCUT2D eigenvalue weighted by atomic mass is 16.5. The van der Waals surface area contributed by atoms with Gasteiger partial charge in [0, 0.05) is 34.5 Å². The van der Waals surface area contributed by atoms with E-state index in [1.807, 2.05) is 24.9 Å². The Morgan fingerprint density at radius 2 is 1.77 bits per heavy atom. The zero-order valence-corrected chi connectivity index (χ0v) is 22.9. The first kappa shape index (κ1) is 26.9. The molecule has 39 heavy (non-hydrogen) atoms. The number of phenols is 3. The Bertz CT molecular complexity index is 1390. The molecule has 2 aromatic rings. The highest BCUT2D eigenvalue weighted by molar-refractivity contribution is 5.81. The molecule has 5 atom stereocenters. The van der Waals surface area contributed by atoms with E-state index in [0.29, 0.717) is 40.1 Å². The molecule has 0 spiro atoms. The fourth-order valence-electron chi connectivity index (χ4n) is 6.47. The number of rotatable bonds is 5. The van der Waals surface area contributed by atoms with Crippen LogP contribution in [0.5, 0.6) is 28.7 Å². The zero-order chi connectivity index (χ0) is 28.5. The number of carbonyl (C=O) groups excluding carboxylic acids is 1. The number of likely N-dealkylation sites (N-methyl/N-ethyl adjacent to an activating group) is 1. The second-order valence-corrected chi connectivity index (χ2v) is 10.6. The summed E-state index contributed by atoms with van der Waals surface area (Å²) in [5, 5.41) is 48.6. The van der Waals surface area contributed by atoms with Crippen molar-refractivity contribution in [2.75, 3.05) is 27.8 Å². The monoisotopic (exact) mass is 540 g/mol. The van der Waals surface area contributed by atoms with E-state index >= 15 is 0 Å². The Morgan fingerprint density at radius 3 is 2.38 bits per heavy atom. The summed E-state index contributed by atoms with van der Waals surface area (Å²) < 4.78 is 10.9. The Morgan fingerprint density at radius 1 is 1.13 bits per heavy atom. The number of carbonyl (C=O) groups is 1. The second-order valence-electron chi connectivity index (χ2n) is 10.6. The Labute approximate surface area is 227 Å². The standard InChI is InChI=1S/C28H36N4O7/c1-11-7-14-8-17-28(37)32-16(21(31(17)4)19(14)23(34)25(11)38-5)9-15-20(18(32)10-30-27(36)13(3)29)24(35)26(39-6)12(2)22(15)33/h7,9,13,17-18,21,28,33-35,37H,8,10,29H2,1-6H3,(H,30,36)/t13-,17?,18+,21?,28+/m1/s1. The normalized spacial score (nSPS) is 24.2. The quantitative estimate of drug-likeness (QED) is 0.307. The molecule has 0 saturated carbocycles. The third-order valence-electron chi connectivity index (χ3n) is 8.37. The van der Waals surface area contributed by atoms with Gasteiger partial charge in [-0.25, -0.2) is 0 Å². The van der Waals surface area contributed by atoms with Crippen LogP contribution in [0.4, 0.5) is 0 Å². The maximum atomic E-state index is 12.5. The number of benzene rings is 2. The van der Waals surface area contributed by atoms with E-state index in [-0.39, 0.29) is 35.6 Å². The average Bonchev–Trinajstić information content (AvgIpc) is 2.88. The minimum Gasteiger partial charge on any atom is -0.507 e. The van der Waals surface area contributed by atoms with Gasteiger partial charge in [-0.05, 0) is 51.4 Å². The predicted octanol–water partition coefficient (Wildman–Crippen LogP) is 1.53. The van der Waals surface area contributed by atoms with Gasteiger partial charge in [-0.3, -0.25) is 9.69 Å². The van der Waals surface area contributed by atoms with Crippen molar-refractivity contribution in [3.63, 3.8) is 0 Å². The number of hydrogen-bond donors (Lipinski definition) is 6. The average molecular weight is 541 g/mol. The highest BCUT2D eigenvalue weighted by Gasteiger charge is 2.52. The lowest BCUT2D eigenvalue weighted by Gasteiger charge is -2.57. The number of methoxy groups -OCH3 is 2. The van der Waals surface area contributed by atoms with Crippen molar-refractivity contribution in [1.29, 1.82) is 0 Å². The summed E-state index contributed by atoms with van der Waals surface area (Å²) in [6.07, 6.45) is 1.13. The summed E-state index contributed by atoms with van der Waals surface area (Å²) in [6, 6.07) is -0.468. The third-order valence-corrected chi connectivity index (χ3v) is 8.37. The van der Waals surface area contributed by atoms with Crippen molar-refractivity contribution in [2.24, 2.45) is 5.73 Å². The molecule has 0 aromatic heterocycles. The number of nitrogens with two attached hydrogens (primary N) is 1. The summed E-state index contributed by atoms with van der Waals surface area (Å²) >= 11 is 0. The summed E-state index contributed by atoms with van der Waals surface area (Å²) in [5.41, 5.74) is 9.72. The van der Waals surface area contributed by atoms with Gasteiger partial charge in [-0.15, -0.1) is 0 Å². The second kappa shape index (κ2) is 9.51. The number of aromatic hydroxyl groups is 3. The van der Waals surface area contributed by atoms with Crippen molar-refractivity contribution < 1.29 is 34.7 Å². The maximum Gasteiger partial charge on any atom is 0.236 e. The van der Waals surface area contributed by atoms with E-state index in [1.54, 1.807) is 24.8 Å². The number of ether oxygens (including phenoxy) is 2. The molecule has 0 aliphatic carbocycles. The lowest BCUT2D eigenvalue weighted by Crippen LogP contribution is -2.63. The van der Waals surface area contributed by atoms with Crippen molar-refractivity contribution >= 4 is 12.0 Å². The van der Waals surface area contributed by atoms with Gasteiger partial charge in [-0.1, -0.05) is 6.07 Å². The van der Waals surface area contributed by atoms with Crippen LogP contribution in [0, 0.1) is 13.8 Å². The van der Waals surface area contributed by atoms with Crippen LogP contribution in [0.3, 0.4) is 0 Å². The van der Waals surface area contributed by atoms with Gasteiger partial charge >= 0.3 is 0 Å². The van der Waals surface area contributed by atoms with E-state index in [1.165, 1.54) is 14.2 Å². The number of hydrogen-bond acceptors (Lipinski definition) is 10. The number of fused-ring (bicyclic) bond motifs is 7. The lowest BCUT2D eigenvalue weighted by atomic mass is 9.77. The van der Waals surface area contributed by atoms with Crippen LogP contribution >= 0.6 is 0 Å². The van der Waals surface area contributed by atoms with Gasteiger partial charge in [0.2, 0.25) is 5.91 Å². The number of nitrogens with one attached hydrogen (secondary N) is 1. The smallest absolute Gasteiger partial charge is 0.236 e. The molecule has 7 N–H and O–H groups in total. The molecule has 3 heterocycles. The van der Waals surface area contributed by atoms with Gasteiger partial charge in [0.05, 0.1) is 38.4 Å². The fraction of sp³-hybridized carbons (Fsp3) is 0.464. The minimum absolute atomic E-state index is 0.0137. The first-order valence-corrected chi connectivity index (χ1v) is 12.9. The number of piperazine rings is 1. The van der Waals surface area contributed by atoms with Crippen LogP contribution < -0.4 is 20.5 Å². The molecule has 0 radical (unpaired) electrons. The van der Waals surface area contributed by atoms with Crippen molar-refractivity contribution in [3.05, 3.63) is 45.1 Å². The van der Waals surface area contributed by atoms with Gasteiger partial charge in [0.15, 0.2) is 23.0 Å². The van der Waals surface area contributed by atoms with Gasteiger partial charge in [-0.2, -0.15) is 0 Å². The Hall–Kier alpha value is -3.67. The molecule has 3 aliphatic rings. The number of phenolic OH excluding ortho intramolecular Hbond substituents is 3. The third kappa shape index (κ3) is 3.79. The van der Waals surface area contributed by atoms with E-state index in [9.17, 15) is 25.2 Å². The van der Waals surface area contributed by atoms with Crippen LogP contribution in [0.15, 0.2) is 11.8 Å². The van der Waals surface area contributed by atoms with Gasteiger partial charge in [0.1, 0.15) is 12.0 Å². The first-order valence-electron chi connectivity index (χ1n) is 12.9. The molecule has 1 fully saturated rings. The first-order chi connectivity index (χ1) is 18.4. The topological polar surface area (TPSA) is 161 Å². The van der Waals surface area contributed by atoms with Gasteiger partial charge < -0.3 is 45.9 Å². The summed E-state index contributed by atoms with van der Waals surface area (Å²) in [4.78, 5) is 16.3. The van der Waals surface area contributed by atoms with Crippen molar-refractivity contribution in [3.8, 4) is 28.7 Å². The van der Waals surface area contributed by atoms with Crippen LogP contribution in [0.25, 0.3) is 6.08 Å². The number of aryl methyl sites for hydroxylation is 1. The minimum atomic E-state index is -1.05. The summed E-state index contributed by atoms with van der Waals surface area (Å²) in [6.45, 7) is 5.05. The predicted molar refractivity (Wildman–Crippen MR) is 144 cm³/mol. The SMILES string of the molecule is COc1c(C)cc2c(c1O)C1C3=Cc4c(O)c(C)c(OC)c(O)c4[C@H](CNC(=O)[C@@H](C)N)N3[C@@H](O)C(C2)N1C. The molecule has 2 bridgehead atoms. The van der Waals surface area contributed by atoms with Crippen molar-refractivity contribution in [2.45, 2.75) is 57.6 Å². The molecule has 210 valence electrons. The molecule has 3 aliphatic heterocycles. The molecule has 1 saturated heterocycles. The molecule has 5 rings (SSSR count). The number of aliphatic hydroxyl groups is 1. The van der Waals surface area contributed by atoms with E-state index < -0.39 is 30.3 Å². The van der Waals surface area contributed by atoms with Crippen molar-refractivity contribution in [1.82, 2.24) is 15.1 Å². The van der Waals surface area contributed by atoms with Crippen LogP contribution in [0.1, 0.15) is 52.4 Å². The summed E-state index contributed by atoms with van der Waals surface area (Å²) in [5.74, 6) is -0.171. The van der Waals surface area contributed by atoms with Crippen LogP contribution in [-0.4, -0.2) is 82.3 Å². The Kier molecular flexibility index (Phi) is 6.56. The molecule has 2 unspecified atom stereocenters. The molecular formula is C28H36N4O7. The fourth-order valence-corrected chi connectivity index (χ4v) is 6.47. The van der Waals surface area contributed by atoms with E-state index in [2.05, 4.69) is 5.32 Å². The lowest BCUT2D eigenvalue weighted by molar-refractivity contribution is -0.124.